The van der Waals surface area contributed by atoms with E-state index in [1.165, 1.54) is 36.7 Å². The van der Waals surface area contributed by atoms with E-state index < -0.39 is 34.7 Å². The molecule has 4 aromatic rings. The number of hydrogen-bond acceptors (Lipinski definition) is 7. The predicted octanol–water partition coefficient (Wildman–Crippen LogP) is -1.87. The molecule has 0 spiro atoms. The summed E-state index contributed by atoms with van der Waals surface area (Å²) in [4.78, 5) is 0. The fraction of sp³-hybridized carbons (Fsp3) is 0.0833. The van der Waals surface area contributed by atoms with E-state index in [4.69, 9.17) is 7.67 Å². The van der Waals surface area contributed by atoms with Gasteiger partial charge in [0.25, 0.3) is 0 Å². The average molecular weight is 708 g/mol. The van der Waals surface area contributed by atoms with Crippen LogP contribution in [0.2, 0.25) is 0 Å². The Hall–Kier alpha value is -1.96. The van der Waals surface area contributed by atoms with Crippen molar-refractivity contribution in [3.05, 3.63) is 97.3 Å². The third-order valence-corrected chi connectivity index (χ3v) is 38.3. The molecule has 0 aliphatic carbocycles. The molecular formula is C24H24N2O7Te2. The minimum absolute atomic E-state index is 0.239. The molecule has 0 unspecified atom stereocenters. The Labute approximate surface area is 202 Å². The van der Waals surface area contributed by atoms with Crippen molar-refractivity contribution in [2.45, 2.75) is 0 Å². The summed E-state index contributed by atoms with van der Waals surface area (Å²) >= 11 is -16.5. The maximum atomic E-state index is 15.7. The first kappa shape index (κ1) is 23.4. The molecule has 0 saturated carbocycles. The number of pyridine rings is 2. The first-order valence-electron chi connectivity index (χ1n) is 10.7. The Morgan fingerprint density at radius 2 is 0.971 bits per heavy atom. The summed E-state index contributed by atoms with van der Waals surface area (Å²) in [5.41, 5.74) is 1.26. The van der Waals surface area contributed by atoms with E-state index in [-0.39, 0.29) is 7.22 Å². The van der Waals surface area contributed by atoms with Gasteiger partial charge >= 0.3 is 203 Å². The van der Waals surface area contributed by atoms with Gasteiger partial charge in [0, 0.05) is 0 Å². The second kappa shape index (κ2) is 6.12. The van der Waals surface area contributed by atoms with Gasteiger partial charge in [-0.1, -0.05) is 0 Å². The van der Waals surface area contributed by atoms with Crippen LogP contribution < -0.4 is 19.8 Å². The van der Waals surface area contributed by atoms with Gasteiger partial charge in [-0.3, -0.25) is 0 Å². The van der Waals surface area contributed by atoms with Gasteiger partial charge in [0.05, 0.1) is 0 Å². The van der Waals surface area contributed by atoms with Gasteiger partial charge in [-0.2, -0.15) is 0 Å². The summed E-state index contributed by atoms with van der Waals surface area (Å²) in [6, 6.07) is 22.1. The molecule has 6 rings (SSSR count). The summed E-state index contributed by atoms with van der Waals surface area (Å²) in [5.74, 6) is 0. The number of nitrogens with zero attached hydrogens (tertiary/aromatic N) is 2. The minimum atomic E-state index is -8.23. The molecule has 0 radical (unpaired) electrons. The molecule has 35 heavy (non-hydrogen) atoms. The van der Waals surface area contributed by atoms with Crippen LogP contribution in [0.3, 0.4) is 0 Å². The van der Waals surface area contributed by atoms with Crippen LogP contribution in [0.4, 0.5) is 0 Å². The van der Waals surface area contributed by atoms with Crippen LogP contribution >= 0.6 is 0 Å². The average Bonchev–Trinajstić information content (AvgIpc) is 3.19. The maximum absolute atomic E-state index is 15.7. The van der Waals surface area contributed by atoms with E-state index in [9.17, 15) is 6.94 Å². The third kappa shape index (κ3) is 2.39. The van der Waals surface area contributed by atoms with Crippen molar-refractivity contribution in [1.82, 2.24) is 0 Å². The zero-order valence-corrected chi connectivity index (χ0v) is 23.5. The monoisotopic (exact) mass is 712 g/mol. The summed E-state index contributed by atoms with van der Waals surface area (Å²) in [6.07, 6.45) is 2.63. The Bertz CT molecular complexity index is 1400. The zero-order valence-electron chi connectivity index (χ0n) is 18.9. The summed E-state index contributed by atoms with van der Waals surface area (Å²) in [7, 11) is 2.00. The van der Waals surface area contributed by atoms with E-state index in [1.807, 2.05) is 0 Å². The van der Waals surface area contributed by atoms with E-state index in [1.54, 1.807) is 60.7 Å². The molecule has 2 aliphatic rings. The van der Waals surface area contributed by atoms with Crippen molar-refractivity contribution in [2.24, 2.45) is 0 Å². The normalized spacial score (nSPS) is 25.8. The molecule has 0 fully saturated rings. The first-order chi connectivity index (χ1) is 16.4. The number of benzene rings is 2. The summed E-state index contributed by atoms with van der Waals surface area (Å²) < 4.78 is 75.6. The summed E-state index contributed by atoms with van der Waals surface area (Å²) in [5, 5.41) is 0. The number of fused-ring (bicyclic) bond motifs is 6. The quantitative estimate of drug-likeness (QED) is 0.239. The second-order valence-corrected chi connectivity index (χ2v) is 31.5. The molecule has 0 saturated heterocycles. The van der Waals surface area contributed by atoms with Gasteiger partial charge in [0.1, 0.15) is 0 Å². The van der Waals surface area contributed by atoms with Crippen LogP contribution in [0.1, 0.15) is 0 Å². The van der Waals surface area contributed by atoms with Gasteiger partial charge in [-0.25, -0.2) is 0 Å². The van der Waals surface area contributed by atoms with Gasteiger partial charge in [-0.15, -0.1) is 0 Å². The topological polar surface area (TPSA) is 122 Å². The van der Waals surface area contributed by atoms with Crippen LogP contribution in [0.15, 0.2) is 97.3 Å². The molecule has 0 atom stereocenters. The Morgan fingerprint density at radius 3 is 1.37 bits per heavy atom. The fourth-order valence-corrected chi connectivity index (χ4v) is 42.5. The predicted molar refractivity (Wildman–Crippen MR) is 125 cm³/mol. The molecule has 4 heterocycles. The summed E-state index contributed by atoms with van der Waals surface area (Å²) in [6.45, 7) is 0. The zero-order chi connectivity index (χ0) is 24.9. The van der Waals surface area contributed by atoms with Crippen molar-refractivity contribution in [3.8, 4) is 22.5 Å². The van der Waals surface area contributed by atoms with Crippen molar-refractivity contribution >= 4 is 41.9 Å². The van der Waals surface area contributed by atoms with Gasteiger partial charge in [0.15, 0.2) is 0 Å². The van der Waals surface area contributed by atoms with Crippen LogP contribution in [0.5, 0.6) is 0 Å². The van der Waals surface area contributed by atoms with Crippen molar-refractivity contribution in [2.75, 3.05) is 14.2 Å². The second-order valence-electron chi connectivity index (χ2n) is 8.55. The molecular weight excluding hydrogens is 683 g/mol. The molecule has 2 aromatic carbocycles. The Balaban J connectivity index is 1.84. The van der Waals surface area contributed by atoms with Crippen LogP contribution in [-0.4, -0.2) is 55.9 Å². The Morgan fingerprint density at radius 1 is 0.600 bits per heavy atom. The SMILES string of the molecule is CO[Te]1([O-])(O)(O[Te]2([O-])(O)(OC)c3ccccc3-c3cccc[n+]32)c2ccccc2-c2cccc[n+]21. The molecule has 9 nitrogen and oxygen atoms in total. The molecule has 2 aromatic heterocycles. The van der Waals surface area contributed by atoms with Crippen molar-refractivity contribution < 1.29 is 27.2 Å². The third-order valence-electron chi connectivity index (χ3n) is 6.80. The van der Waals surface area contributed by atoms with Crippen LogP contribution in [0.25, 0.3) is 22.5 Å². The van der Waals surface area contributed by atoms with E-state index >= 15 is 6.94 Å². The van der Waals surface area contributed by atoms with Gasteiger partial charge in [-0.05, 0) is 0 Å². The number of aromatic nitrogens is 2. The van der Waals surface area contributed by atoms with E-state index in [0.29, 0.717) is 22.5 Å². The van der Waals surface area contributed by atoms with E-state index in [0.717, 1.165) is 19.9 Å². The fourth-order valence-electron chi connectivity index (χ4n) is 5.16. The molecule has 0 amide bonds. The molecule has 184 valence electrons. The Kier molecular flexibility index (Phi) is 4.10. The van der Waals surface area contributed by atoms with Gasteiger partial charge < -0.3 is 0 Å². The molecule has 11 heteroatoms. The van der Waals surface area contributed by atoms with Crippen LogP contribution in [0, 0.1) is 0 Å². The van der Waals surface area contributed by atoms with Crippen molar-refractivity contribution in [3.63, 3.8) is 0 Å². The van der Waals surface area contributed by atoms with Crippen LogP contribution in [-0.2, 0) is 7.67 Å². The number of hydrogen-bond donors (Lipinski definition) is 2. The number of rotatable bonds is 4. The molecule has 2 N–H and O–H groups in total. The molecule has 0 bridgehead atoms. The molecule has 2 aliphatic heterocycles. The van der Waals surface area contributed by atoms with Gasteiger partial charge in [0.2, 0.25) is 0 Å². The van der Waals surface area contributed by atoms with Crippen molar-refractivity contribution in [1.29, 1.82) is 0 Å². The standard InChI is InChI=1S/C24H24N2O7Te2/c1-31-34(27,28,23-15-5-3-11-19(23)21-13-7-9-17-25(21)34)33-35(29,30,32-2)24-16-6-4-12-20(24)22-14-8-10-18-26(22)35/h3-18H,1-2H3,(H2-2,27,28,29,30). The van der Waals surface area contributed by atoms with E-state index in [2.05, 4.69) is 0 Å². The first-order valence-corrected chi connectivity index (χ1v) is 22.9.